The summed E-state index contributed by atoms with van der Waals surface area (Å²) in [6.45, 7) is 1.06. The van der Waals surface area contributed by atoms with E-state index in [9.17, 15) is 19.5 Å². The van der Waals surface area contributed by atoms with Crippen LogP contribution in [0.5, 0.6) is 0 Å². The number of anilines is 2. The second kappa shape index (κ2) is 7.62. The van der Waals surface area contributed by atoms with Crippen LogP contribution in [-0.2, 0) is 19.1 Å². The van der Waals surface area contributed by atoms with Crippen LogP contribution in [-0.4, -0.2) is 43.2 Å². The van der Waals surface area contributed by atoms with Crippen LogP contribution in [0.3, 0.4) is 0 Å². The fourth-order valence-electron chi connectivity index (χ4n) is 2.90. The number of nitrogens with one attached hydrogen (secondary N) is 2. The Morgan fingerprint density at radius 2 is 1.36 bits per heavy atom. The van der Waals surface area contributed by atoms with Gasteiger partial charge in [-0.1, -0.05) is 0 Å². The standard InChI is InChI=1S/C17H20N2O6/c20-15(13-3-1-5-24-13)18-11-7-10(17(22)23)8-12(9-11)19-16(21)14-4-2-6-25-14/h7-9,13-14H,1-6H2,(H,18,20)(H,19,21)(H,22,23)/p-1/t13-,14-/m1/s1. The Labute approximate surface area is 144 Å². The Bertz CT molecular complexity index is 629. The van der Waals surface area contributed by atoms with Gasteiger partial charge in [-0.2, -0.15) is 0 Å². The van der Waals surface area contributed by atoms with Gasteiger partial charge in [0, 0.05) is 30.2 Å². The Hall–Kier alpha value is -2.45. The molecule has 0 saturated carbocycles. The highest BCUT2D eigenvalue weighted by Gasteiger charge is 2.25. The fourth-order valence-corrected chi connectivity index (χ4v) is 2.90. The van der Waals surface area contributed by atoms with E-state index >= 15 is 0 Å². The zero-order chi connectivity index (χ0) is 17.8. The third-order valence-electron chi connectivity index (χ3n) is 4.15. The largest absolute Gasteiger partial charge is 0.545 e. The molecule has 1 aromatic carbocycles. The van der Waals surface area contributed by atoms with Gasteiger partial charge in [0.15, 0.2) is 0 Å². The molecule has 2 aliphatic heterocycles. The van der Waals surface area contributed by atoms with Gasteiger partial charge >= 0.3 is 0 Å². The van der Waals surface area contributed by atoms with Gasteiger partial charge in [-0.15, -0.1) is 0 Å². The molecule has 2 fully saturated rings. The van der Waals surface area contributed by atoms with Crippen LogP contribution < -0.4 is 15.7 Å². The SMILES string of the molecule is O=C([O-])c1cc(NC(=O)[C@H]2CCCO2)cc(NC(=O)[C@H]2CCCO2)c1. The van der Waals surface area contributed by atoms with Crippen LogP contribution in [0.4, 0.5) is 11.4 Å². The van der Waals surface area contributed by atoms with Crippen LogP contribution in [0.15, 0.2) is 18.2 Å². The number of carbonyl (C=O) groups excluding carboxylic acids is 3. The molecule has 0 spiro atoms. The van der Waals surface area contributed by atoms with E-state index in [1.807, 2.05) is 0 Å². The molecule has 3 rings (SSSR count). The van der Waals surface area contributed by atoms with Gasteiger partial charge in [0.1, 0.15) is 12.2 Å². The van der Waals surface area contributed by atoms with Crippen LogP contribution >= 0.6 is 0 Å². The van der Waals surface area contributed by atoms with Crippen molar-refractivity contribution in [3.8, 4) is 0 Å². The molecule has 2 amide bonds. The number of carboxylic acid groups (broad SMARTS) is 1. The first-order valence-electron chi connectivity index (χ1n) is 8.24. The molecule has 2 heterocycles. The maximum absolute atomic E-state index is 12.1. The van der Waals surface area contributed by atoms with E-state index in [0.29, 0.717) is 26.1 Å². The Morgan fingerprint density at radius 1 is 0.880 bits per heavy atom. The van der Waals surface area contributed by atoms with Gasteiger partial charge in [0.05, 0.1) is 5.97 Å². The summed E-state index contributed by atoms with van der Waals surface area (Å²) < 4.78 is 10.6. The summed E-state index contributed by atoms with van der Waals surface area (Å²) in [4.78, 5) is 35.5. The van der Waals surface area contributed by atoms with Crippen molar-refractivity contribution in [2.75, 3.05) is 23.8 Å². The lowest BCUT2D eigenvalue weighted by molar-refractivity contribution is -0.255. The van der Waals surface area contributed by atoms with Crippen molar-refractivity contribution in [2.45, 2.75) is 37.9 Å². The molecular weight excluding hydrogens is 328 g/mol. The molecule has 25 heavy (non-hydrogen) atoms. The molecule has 2 saturated heterocycles. The van der Waals surface area contributed by atoms with Crippen molar-refractivity contribution in [1.29, 1.82) is 0 Å². The molecule has 8 nitrogen and oxygen atoms in total. The smallest absolute Gasteiger partial charge is 0.253 e. The van der Waals surface area contributed by atoms with Gasteiger partial charge in [-0.05, 0) is 43.9 Å². The molecular formula is C17H19N2O6-. The number of benzene rings is 1. The molecule has 2 N–H and O–H groups in total. The summed E-state index contributed by atoms with van der Waals surface area (Å²) in [5.41, 5.74) is 0.363. The number of hydrogen-bond donors (Lipinski definition) is 2. The van der Waals surface area contributed by atoms with Crippen molar-refractivity contribution < 1.29 is 29.0 Å². The van der Waals surface area contributed by atoms with E-state index in [2.05, 4.69) is 10.6 Å². The maximum atomic E-state index is 12.1. The Kier molecular flexibility index (Phi) is 5.30. The summed E-state index contributed by atoms with van der Waals surface area (Å²) in [5.74, 6) is -2.09. The van der Waals surface area contributed by atoms with Crippen molar-refractivity contribution >= 4 is 29.2 Å². The Morgan fingerprint density at radius 3 is 1.72 bits per heavy atom. The number of ether oxygens (including phenoxy) is 2. The number of amides is 2. The minimum atomic E-state index is -1.40. The highest BCUT2D eigenvalue weighted by Crippen LogP contribution is 2.22. The number of carboxylic acids is 1. The van der Waals surface area contributed by atoms with E-state index in [4.69, 9.17) is 9.47 Å². The molecule has 2 atom stereocenters. The van der Waals surface area contributed by atoms with E-state index < -0.39 is 18.2 Å². The third kappa shape index (κ3) is 4.34. The van der Waals surface area contributed by atoms with Gasteiger partial charge in [-0.25, -0.2) is 0 Å². The summed E-state index contributed by atoms with van der Waals surface area (Å²) in [5, 5.41) is 16.5. The van der Waals surface area contributed by atoms with E-state index in [0.717, 1.165) is 12.8 Å². The lowest BCUT2D eigenvalue weighted by atomic mass is 10.1. The summed E-state index contributed by atoms with van der Waals surface area (Å²) in [7, 11) is 0. The van der Waals surface area contributed by atoms with Gasteiger partial charge in [-0.3, -0.25) is 9.59 Å². The molecule has 0 aromatic heterocycles. The number of aromatic carboxylic acids is 1. The third-order valence-corrected chi connectivity index (χ3v) is 4.15. The second-order valence-electron chi connectivity index (χ2n) is 6.07. The normalized spacial score (nSPS) is 22.6. The summed E-state index contributed by atoms with van der Waals surface area (Å²) >= 11 is 0. The molecule has 0 radical (unpaired) electrons. The molecule has 0 unspecified atom stereocenters. The average Bonchev–Trinajstić information content (AvgIpc) is 3.28. The first kappa shape index (κ1) is 17.4. The minimum Gasteiger partial charge on any atom is -0.545 e. The lowest BCUT2D eigenvalue weighted by Crippen LogP contribution is -2.29. The Balaban J connectivity index is 1.75. The van der Waals surface area contributed by atoms with E-state index in [-0.39, 0.29) is 28.8 Å². The summed E-state index contributed by atoms with van der Waals surface area (Å²) in [6, 6.07) is 4.06. The zero-order valence-electron chi connectivity index (χ0n) is 13.6. The molecule has 8 heteroatoms. The van der Waals surface area contributed by atoms with Crippen LogP contribution in [0.2, 0.25) is 0 Å². The maximum Gasteiger partial charge on any atom is 0.253 e. The van der Waals surface area contributed by atoms with E-state index in [1.165, 1.54) is 18.2 Å². The van der Waals surface area contributed by atoms with Crippen molar-refractivity contribution in [2.24, 2.45) is 0 Å². The highest BCUT2D eigenvalue weighted by molar-refractivity contribution is 5.99. The number of rotatable bonds is 5. The summed E-state index contributed by atoms with van der Waals surface area (Å²) in [6.07, 6.45) is 1.76. The second-order valence-corrected chi connectivity index (χ2v) is 6.07. The van der Waals surface area contributed by atoms with Crippen LogP contribution in [0.25, 0.3) is 0 Å². The van der Waals surface area contributed by atoms with Crippen LogP contribution in [0, 0.1) is 0 Å². The topological polar surface area (TPSA) is 117 Å². The first-order valence-corrected chi connectivity index (χ1v) is 8.24. The van der Waals surface area contributed by atoms with E-state index in [1.54, 1.807) is 0 Å². The van der Waals surface area contributed by atoms with Gasteiger partial charge in [0.2, 0.25) is 0 Å². The van der Waals surface area contributed by atoms with Gasteiger partial charge in [0.25, 0.3) is 11.8 Å². The number of hydrogen-bond acceptors (Lipinski definition) is 6. The van der Waals surface area contributed by atoms with Crippen molar-refractivity contribution in [3.05, 3.63) is 23.8 Å². The quantitative estimate of drug-likeness (QED) is 0.790. The van der Waals surface area contributed by atoms with Gasteiger partial charge < -0.3 is 30.0 Å². The fraction of sp³-hybridized carbons (Fsp3) is 0.471. The predicted molar refractivity (Wildman–Crippen MR) is 86.0 cm³/mol. The van der Waals surface area contributed by atoms with Crippen molar-refractivity contribution in [3.63, 3.8) is 0 Å². The highest BCUT2D eigenvalue weighted by atomic mass is 16.5. The zero-order valence-corrected chi connectivity index (χ0v) is 13.6. The molecule has 1 aromatic rings. The lowest BCUT2D eigenvalue weighted by Gasteiger charge is -2.15. The molecule has 0 bridgehead atoms. The van der Waals surface area contributed by atoms with Crippen molar-refractivity contribution in [1.82, 2.24) is 0 Å². The molecule has 0 aliphatic carbocycles. The average molecular weight is 347 g/mol. The predicted octanol–water partition coefficient (Wildman–Crippen LogP) is 0.285. The van der Waals surface area contributed by atoms with Crippen LogP contribution in [0.1, 0.15) is 36.0 Å². The number of carbonyl (C=O) groups is 3. The molecule has 134 valence electrons. The monoisotopic (exact) mass is 347 g/mol. The molecule has 2 aliphatic rings. The minimum absolute atomic E-state index is 0.146. The first-order chi connectivity index (χ1) is 12.0.